The van der Waals surface area contributed by atoms with Crippen molar-refractivity contribution >= 4 is 35.0 Å². The van der Waals surface area contributed by atoms with Crippen molar-refractivity contribution < 1.29 is 23.8 Å². The highest BCUT2D eigenvalue weighted by molar-refractivity contribution is 6.10. The molecule has 1 aliphatic heterocycles. The molecule has 0 radical (unpaired) electrons. The Morgan fingerprint density at radius 2 is 1.86 bits per heavy atom. The number of hydrogen-bond donors (Lipinski definition) is 3. The van der Waals surface area contributed by atoms with E-state index < -0.39 is 5.97 Å². The molecule has 0 bridgehead atoms. The van der Waals surface area contributed by atoms with Gasteiger partial charge in [0.2, 0.25) is 0 Å². The number of benzene rings is 1. The number of aromatic nitrogens is 1. The Morgan fingerprint density at radius 1 is 1.19 bits per heavy atom. The highest BCUT2D eigenvalue weighted by atomic mass is 19.1. The molecule has 3 N–H and O–H groups in total. The zero-order valence-corrected chi connectivity index (χ0v) is 20.6. The summed E-state index contributed by atoms with van der Waals surface area (Å²) < 4.78 is 18.8. The quantitative estimate of drug-likeness (QED) is 0.451. The Labute approximate surface area is 209 Å². The van der Waals surface area contributed by atoms with Crippen molar-refractivity contribution in [2.75, 3.05) is 43.0 Å². The van der Waals surface area contributed by atoms with Gasteiger partial charge in [0.1, 0.15) is 11.6 Å². The molecule has 2 heterocycles. The molecule has 0 unspecified atom stereocenters. The van der Waals surface area contributed by atoms with Crippen LogP contribution in [0, 0.1) is 23.1 Å². The number of anilines is 3. The van der Waals surface area contributed by atoms with E-state index in [0.29, 0.717) is 55.4 Å². The fourth-order valence-corrected chi connectivity index (χ4v) is 4.28. The smallest absolute Gasteiger partial charge is 0.409 e. The number of nitrogens with one attached hydrogen (secondary N) is 2. The van der Waals surface area contributed by atoms with Gasteiger partial charge in [0, 0.05) is 43.5 Å². The number of carbonyl (C=O) groups is 2. The van der Waals surface area contributed by atoms with Gasteiger partial charge in [-0.1, -0.05) is 20.3 Å². The molecular formula is C26H32FN5O4. The molecule has 9 nitrogen and oxygen atoms in total. The first kappa shape index (κ1) is 25.4. The summed E-state index contributed by atoms with van der Waals surface area (Å²) in [7, 11) is 0. The maximum atomic E-state index is 13.4. The Balaban J connectivity index is 1.66. The predicted molar refractivity (Wildman–Crippen MR) is 135 cm³/mol. The van der Waals surface area contributed by atoms with E-state index in [4.69, 9.17) is 10.1 Å². The molecule has 1 saturated carbocycles. The predicted octanol–water partition coefficient (Wildman–Crippen LogP) is 4.75. The molecule has 1 saturated heterocycles. The van der Waals surface area contributed by atoms with Crippen molar-refractivity contribution in [3.63, 3.8) is 0 Å². The largest absolute Gasteiger partial charge is 0.477 e. The Bertz CT molecular complexity index is 1130. The second kappa shape index (κ2) is 10.9. The fourth-order valence-electron chi connectivity index (χ4n) is 4.28. The standard InChI is InChI=1S/C26H32FN5O4/c1-16(2)15-36-26(35)32-12-10-31(11-13-32)21-14-20(25(33)34)30-24(22(21)23(28)17-4-3-5-17)29-19-8-6-18(27)7-9-19/h6-9,14,16-17,28H,3-5,10-13,15H2,1-2H3,(H,29,30)(H,33,34). The van der Waals surface area contributed by atoms with E-state index in [1.165, 1.54) is 18.2 Å². The number of piperazine rings is 1. The molecule has 1 amide bonds. The van der Waals surface area contributed by atoms with Crippen LogP contribution in [0.4, 0.5) is 26.4 Å². The lowest BCUT2D eigenvalue weighted by atomic mass is 9.79. The number of aromatic carboxylic acids is 1. The fraction of sp³-hybridized carbons (Fsp3) is 0.462. The van der Waals surface area contributed by atoms with Crippen molar-refractivity contribution in [1.29, 1.82) is 5.41 Å². The molecule has 4 rings (SSSR count). The van der Waals surface area contributed by atoms with E-state index in [0.717, 1.165) is 19.3 Å². The Kier molecular flexibility index (Phi) is 7.71. The third-order valence-electron chi connectivity index (χ3n) is 6.53. The Morgan fingerprint density at radius 3 is 2.42 bits per heavy atom. The van der Waals surface area contributed by atoms with Gasteiger partial charge < -0.3 is 30.4 Å². The van der Waals surface area contributed by atoms with E-state index in [9.17, 15) is 19.1 Å². The number of hydrogen-bond acceptors (Lipinski definition) is 7. The minimum absolute atomic E-state index is 0.0716. The maximum absolute atomic E-state index is 13.4. The maximum Gasteiger partial charge on any atom is 0.409 e. The lowest BCUT2D eigenvalue weighted by Crippen LogP contribution is -2.49. The van der Waals surface area contributed by atoms with Gasteiger partial charge in [-0.15, -0.1) is 0 Å². The molecule has 1 aromatic heterocycles. The van der Waals surface area contributed by atoms with Crippen LogP contribution < -0.4 is 10.2 Å². The number of rotatable bonds is 8. The topological polar surface area (TPSA) is 119 Å². The lowest BCUT2D eigenvalue weighted by Gasteiger charge is -2.38. The Hall–Kier alpha value is -3.69. The van der Waals surface area contributed by atoms with Crippen LogP contribution >= 0.6 is 0 Å². The third-order valence-corrected chi connectivity index (χ3v) is 6.53. The van der Waals surface area contributed by atoms with Gasteiger partial charge in [0.05, 0.1) is 17.9 Å². The van der Waals surface area contributed by atoms with Gasteiger partial charge >= 0.3 is 12.1 Å². The SMILES string of the molecule is CC(C)COC(=O)N1CCN(c2cc(C(=O)O)nc(Nc3ccc(F)cc3)c2C(=N)C2CCC2)CC1. The van der Waals surface area contributed by atoms with E-state index in [1.54, 1.807) is 17.0 Å². The van der Waals surface area contributed by atoms with Gasteiger partial charge in [0.25, 0.3) is 0 Å². The summed E-state index contributed by atoms with van der Waals surface area (Å²) in [4.78, 5) is 32.3. The second-order valence-electron chi connectivity index (χ2n) is 9.67. The number of pyridine rings is 1. The second-order valence-corrected chi connectivity index (χ2v) is 9.67. The van der Waals surface area contributed by atoms with Gasteiger partial charge in [0.15, 0.2) is 5.69 Å². The molecule has 1 aliphatic carbocycles. The van der Waals surface area contributed by atoms with Crippen molar-refractivity contribution in [3.8, 4) is 0 Å². The molecule has 2 aromatic rings. The van der Waals surface area contributed by atoms with E-state index in [-0.39, 0.29) is 35.3 Å². The average Bonchev–Trinajstić information content (AvgIpc) is 2.82. The van der Waals surface area contributed by atoms with Gasteiger partial charge in [-0.2, -0.15) is 0 Å². The van der Waals surface area contributed by atoms with Crippen LogP contribution in [0.3, 0.4) is 0 Å². The lowest BCUT2D eigenvalue weighted by molar-refractivity contribution is 0.0690. The zero-order valence-electron chi connectivity index (χ0n) is 20.6. The monoisotopic (exact) mass is 497 g/mol. The van der Waals surface area contributed by atoms with Crippen molar-refractivity contribution in [2.45, 2.75) is 33.1 Å². The highest BCUT2D eigenvalue weighted by Crippen LogP contribution is 2.37. The summed E-state index contributed by atoms with van der Waals surface area (Å²) in [5, 5.41) is 21.9. The van der Waals surface area contributed by atoms with Gasteiger partial charge in [-0.3, -0.25) is 0 Å². The van der Waals surface area contributed by atoms with Gasteiger partial charge in [-0.05, 0) is 49.1 Å². The highest BCUT2D eigenvalue weighted by Gasteiger charge is 2.32. The summed E-state index contributed by atoms with van der Waals surface area (Å²) >= 11 is 0. The first-order valence-corrected chi connectivity index (χ1v) is 12.3. The minimum Gasteiger partial charge on any atom is -0.477 e. The molecular weight excluding hydrogens is 465 g/mol. The molecule has 0 atom stereocenters. The summed E-state index contributed by atoms with van der Waals surface area (Å²) in [5.41, 5.74) is 1.93. The van der Waals surface area contributed by atoms with Crippen LogP contribution in [0.25, 0.3) is 0 Å². The normalized spacial score (nSPS) is 16.0. The first-order valence-electron chi connectivity index (χ1n) is 12.3. The number of carboxylic acid groups (broad SMARTS) is 1. The van der Waals surface area contributed by atoms with Crippen LogP contribution in [0.15, 0.2) is 30.3 Å². The number of carbonyl (C=O) groups excluding carboxylic acids is 1. The number of halogens is 1. The average molecular weight is 498 g/mol. The number of ether oxygens (including phenoxy) is 1. The molecule has 1 aromatic carbocycles. The van der Waals surface area contributed by atoms with Crippen molar-refractivity contribution in [2.24, 2.45) is 11.8 Å². The molecule has 2 aliphatic rings. The molecule has 10 heteroatoms. The van der Waals surface area contributed by atoms with Crippen molar-refractivity contribution in [1.82, 2.24) is 9.88 Å². The number of nitrogens with zero attached hydrogens (tertiary/aromatic N) is 3. The molecule has 0 spiro atoms. The van der Waals surface area contributed by atoms with E-state index in [2.05, 4.69) is 10.3 Å². The molecule has 192 valence electrons. The zero-order chi connectivity index (χ0) is 25.8. The van der Waals surface area contributed by atoms with Gasteiger partial charge in [-0.25, -0.2) is 19.0 Å². The van der Waals surface area contributed by atoms with Crippen LogP contribution in [0.5, 0.6) is 0 Å². The third kappa shape index (κ3) is 5.75. The van der Waals surface area contributed by atoms with Crippen LogP contribution in [0.1, 0.15) is 49.2 Å². The van der Waals surface area contributed by atoms with Crippen molar-refractivity contribution in [3.05, 3.63) is 47.4 Å². The van der Waals surface area contributed by atoms with Crippen LogP contribution in [-0.2, 0) is 4.74 Å². The summed E-state index contributed by atoms with van der Waals surface area (Å²) in [6, 6.07) is 7.20. The van der Waals surface area contributed by atoms with Crippen LogP contribution in [-0.4, -0.2) is 65.6 Å². The van der Waals surface area contributed by atoms with E-state index in [1.807, 2.05) is 18.7 Å². The molecule has 2 fully saturated rings. The summed E-state index contributed by atoms with van der Waals surface area (Å²) in [6.07, 6.45) is 2.47. The molecule has 36 heavy (non-hydrogen) atoms. The summed E-state index contributed by atoms with van der Waals surface area (Å²) in [5.74, 6) is -1.00. The minimum atomic E-state index is -1.18. The number of carboxylic acids is 1. The van der Waals surface area contributed by atoms with Crippen LogP contribution in [0.2, 0.25) is 0 Å². The summed E-state index contributed by atoms with van der Waals surface area (Å²) in [6.45, 7) is 6.06. The number of amides is 1. The van der Waals surface area contributed by atoms with E-state index >= 15 is 0 Å². The first-order chi connectivity index (χ1) is 17.2.